The van der Waals surface area contributed by atoms with Gasteiger partial charge in [-0.3, -0.25) is 4.72 Å². The Labute approximate surface area is 206 Å². The van der Waals surface area contributed by atoms with Gasteiger partial charge in [-0.05, 0) is 48.7 Å². The highest BCUT2D eigenvalue weighted by atomic mass is 127. The zero-order valence-corrected chi connectivity index (χ0v) is 21.3. The second-order valence-electron chi connectivity index (χ2n) is 7.02. The number of nitrogens with one attached hydrogen (secondary N) is 3. The van der Waals surface area contributed by atoms with Gasteiger partial charge < -0.3 is 10.6 Å². The molecule has 3 aromatic rings. The van der Waals surface area contributed by atoms with Crippen LogP contribution in [0, 0.1) is 0 Å². The molecule has 1 aromatic heterocycles. The van der Waals surface area contributed by atoms with E-state index in [0.717, 1.165) is 37.0 Å². The zero-order chi connectivity index (χ0) is 22.1. The number of anilines is 1. The lowest BCUT2D eigenvalue weighted by Crippen LogP contribution is -2.38. The Morgan fingerprint density at radius 3 is 2.47 bits per heavy atom. The third-order valence-corrected chi connectivity index (χ3v) is 5.07. The number of aliphatic imine (C=N–C) groups is 1. The van der Waals surface area contributed by atoms with Crippen LogP contribution in [0.15, 0.2) is 72.0 Å². The molecule has 0 saturated heterocycles. The number of halogens is 1. The Kier molecular flexibility index (Phi) is 9.97. The van der Waals surface area contributed by atoms with Gasteiger partial charge in [-0.1, -0.05) is 30.3 Å². The fourth-order valence-corrected chi connectivity index (χ4v) is 3.62. The molecule has 172 valence electrons. The quantitative estimate of drug-likeness (QED) is 0.209. The van der Waals surface area contributed by atoms with Crippen molar-refractivity contribution < 1.29 is 8.42 Å². The molecule has 10 heteroatoms. The van der Waals surface area contributed by atoms with Crippen molar-refractivity contribution in [3.63, 3.8) is 0 Å². The van der Waals surface area contributed by atoms with E-state index in [4.69, 9.17) is 0 Å². The van der Waals surface area contributed by atoms with Gasteiger partial charge in [-0.15, -0.1) is 24.0 Å². The first-order chi connectivity index (χ1) is 14.9. The third-order valence-electron chi connectivity index (χ3n) is 4.48. The fraction of sp³-hybridized carbons (Fsp3) is 0.273. The Morgan fingerprint density at radius 1 is 1.06 bits per heavy atom. The molecule has 8 nitrogen and oxygen atoms in total. The molecule has 0 saturated carbocycles. The van der Waals surface area contributed by atoms with Crippen LogP contribution in [0.1, 0.15) is 18.1 Å². The number of para-hydroxylation sites is 1. The first-order valence-electron chi connectivity index (χ1n) is 10.1. The van der Waals surface area contributed by atoms with Gasteiger partial charge in [0.05, 0.1) is 24.2 Å². The molecule has 1 heterocycles. The molecule has 3 rings (SSSR count). The molecule has 0 aliphatic heterocycles. The van der Waals surface area contributed by atoms with Crippen molar-refractivity contribution in [2.24, 2.45) is 4.99 Å². The van der Waals surface area contributed by atoms with Crippen LogP contribution in [0.25, 0.3) is 5.69 Å². The van der Waals surface area contributed by atoms with Gasteiger partial charge >= 0.3 is 0 Å². The highest BCUT2D eigenvalue weighted by molar-refractivity contribution is 14.0. The maximum atomic E-state index is 11.6. The Bertz CT molecular complexity index is 1100. The number of nitrogens with zero attached hydrogens (tertiary/aromatic N) is 3. The number of hydrogen-bond acceptors (Lipinski definition) is 4. The Morgan fingerprint density at radius 2 is 1.81 bits per heavy atom. The second-order valence-corrected chi connectivity index (χ2v) is 8.77. The van der Waals surface area contributed by atoms with E-state index in [2.05, 4.69) is 37.6 Å². The lowest BCUT2D eigenvalue weighted by Gasteiger charge is -2.13. The van der Waals surface area contributed by atoms with E-state index in [1.54, 1.807) is 18.3 Å². The summed E-state index contributed by atoms with van der Waals surface area (Å²) in [6.07, 6.45) is 5.66. The number of sulfonamides is 1. The van der Waals surface area contributed by atoms with Gasteiger partial charge in [-0.2, -0.15) is 5.10 Å². The normalized spacial score (nSPS) is 11.5. The monoisotopic (exact) mass is 568 g/mol. The smallest absolute Gasteiger partial charge is 0.229 e. The molecular formula is C22H29IN6O2S. The average molecular weight is 568 g/mol. The van der Waals surface area contributed by atoms with Crippen LogP contribution >= 0.6 is 24.0 Å². The molecule has 0 aliphatic rings. The molecule has 0 unspecified atom stereocenters. The highest BCUT2D eigenvalue weighted by Gasteiger charge is 2.07. The predicted molar refractivity (Wildman–Crippen MR) is 140 cm³/mol. The first-order valence-corrected chi connectivity index (χ1v) is 12.0. The van der Waals surface area contributed by atoms with E-state index in [1.165, 1.54) is 5.56 Å². The van der Waals surface area contributed by atoms with Crippen LogP contribution in [-0.4, -0.2) is 43.5 Å². The highest BCUT2D eigenvalue weighted by Crippen LogP contribution is 2.17. The summed E-state index contributed by atoms with van der Waals surface area (Å²) < 4.78 is 27.5. The van der Waals surface area contributed by atoms with E-state index in [9.17, 15) is 8.42 Å². The van der Waals surface area contributed by atoms with E-state index < -0.39 is 10.0 Å². The predicted octanol–water partition coefficient (Wildman–Crippen LogP) is 3.16. The van der Waals surface area contributed by atoms with Crippen LogP contribution in [0.5, 0.6) is 0 Å². The van der Waals surface area contributed by atoms with E-state index in [1.807, 2.05) is 48.1 Å². The van der Waals surface area contributed by atoms with Crippen molar-refractivity contribution in [3.8, 4) is 5.69 Å². The van der Waals surface area contributed by atoms with Crippen molar-refractivity contribution >= 4 is 45.6 Å². The van der Waals surface area contributed by atoms with Gasteiger partial charge in [0, 0.05) is 25.5 Å². The van der Waals surface area contributed by atoms with E-state index in [-0.39, 0.29) is 24.0 Å². The maximum absolute atomic E-state index is 11.6. The van der Waals surface area contributed by atoms with Crippen LogP contribution < -0.4 is 15.4 Å². The lowest BCUT2D eigenvalue weighted by molar-refractivity contribution is 0.606. The Balaban J connectivity index is 0.00000363. The number of aromatic nitrogens is 2. The number of benzene rings is 2. The molecule has 0 bridgehead atoms. The second kappa shape index (κ2) is 12.4. The van der Waals surface area contributed by atoms with Crippen molar-refractivity contribution in [1.82, 2.24) is 20.4 Å². The topological polar surface area (TPSA) is 100 Å². The minimum absolute atomic E-state index is 0. The lowest BCUT2D eigenvalue weighted by atomic mass is 10.1. The largest absolute Gasteiger partial charge is 0.357 e. The van der Waals surface area contributed by atoms with E-state index in [0.29, 0.717) is 18.2 Å². The average Bonchev–Trinajstić information content (AvgIpc) is 3.27. The summed E-state index contributed by atoms with van der Waals surface area (Å²) in [5, 5.41) is 10.8. The number of hydrogen-bond donors (Lipinski definition) is 3. The first kappa shape index (κ1) is 25.7. The van der Waals surface area contributed by atoms with Crippen molar-refractivity contribution in [3.05, 3.63) is 78.1 Å². The molecule has 3 N–H and O–H groups in total. The molecule has 0 atom stereocenters. The summed E-state index contributed by atoms with van der Waals surface area (Å²) in [6, 6.07) is 17.4. The van der Waals surface area contributed by atoms with Crippen molar-refractivity contribution in [1.29, 1.82) is 0 Å². The summed E-state index contributed by atoms with van der Waals surface area (Å²) in [5.74, 6) is 0.685. The fourth-order valence-electron chi connectivity index (χ4n) is 3.03. The number of guanidine groups is 1. The molecule has 0 amide bonds. The molecule has 0 radical (unpaired) electrons. The summed E-state index contributed by atoms with van der Waals surface area (Å²) in [4.78, 5) is 4.60. The SMILES string of the molecule is CCNC(=NCc1ccccc1NS(C)(=O)=O)NCCc1ccc(-n2cccn2)cc1.I. The third kappa shape index (κ3) is 8.15. The molecular weight excluding hydrogens is 539 g/mol. The molecule has 32 heavy (non-hydrogen) atoms. The Hall–Kier alpha value is -2.60. The molecule has 0 fully saturated rings. The summed E-state index contributed by atoms with van der Waals surface area (Å²) >= 11 is 0. The number of rotatable bonds is 9. The van der Waals surface area contributed by atoms with Gasteiger partial charge in [0.1, 0.15) is 0 Å². The summed E-state index contributed by atoms with van der Waals surface area (Å²) in [5.41, 5.74) is 3.58. The molecule has 2 aromatic carbocycles. The van der Waals surface area contributed by atoms with Crippen molar-refractivity contribution in [2.75, 3.05) is 24.1 Å². The minimum Gasteiger partial charge on any atom is -0.357 e. The molecule has 0 aliphatic carbocycles. The van der Waals surface area contributed by atoms with Crippen LogP contribution in [-0.2, 0) is 23.0 Å². The van der Waals surface area contributed by atoms with Gasteiger partial charge in [0.25, 0.3) is 0 Å². The summed E-state index contributed by atoms with van der Waals surface area (Å²) in [6.45, 7) is 3.81. The maximum Gasteiger partial charge on any atom is 0.229 e. The summed E-state index contributed by atoms with van der Waals surface area (Å²) in [7, 11) is -3.35. The minimum atomic E-state index is -3.35. The van der Waals surface area contributed by atoms with Crippen LogP contribution in [0.3, 0.4) is 0 Å². The van der Waals surface area contributed by atoms with Crippen LogP contribution in [0.2, 0.25) is 0 Å². The standard InChI is InChI=1S/C22H28N6O2S.HI/c1-3-23-22(25-17-19-7-4-5-8-21(19)27-31(2,29)30)24-15-13-18-9-11-20(12-10-18)28-16-6-14-26-28;/h4-12,14,16,27H,3,13,15,17H2,1-2H3,(H2,23,24,25);1H. The van der Waals surface area contributed by atoms with Gasteiger partial charge in [0.15, 0.2) is 5.96 Å². The van der Waals surface area contributed by atoms with Crippen LogP contribution in [0.4, 0.5) is 5.69 Å². The molecule has 0 spiro atoms. The van der Waals surface area contributed by atoms with Gasteiger partial charge in [-0.25, -0.2) is 18.1 Å². The van der Waals surface area contributed by atoms with Gasteiger partial charge in [0.2, 0.25) is 10.0 Å². The zero-order valence-electron chi connectivity index (χ0n) is 18.2. The van der Waals surface area contributed by atoms with E-state index >= 15 is 0 Å². The van der Waals surface area contributed by atoms with Crippen molar-refractivity contribution in [2.45, 2.75) is 19.9 Å².